The molecule has 0 bridgehead atoms. The molecule has 0 aliphatic rings. The molecule has 0 aliphatic carbocycles. The Labute approximate surface area is 104 Å². The largest absolute Gasteiger partial charge is 0.508 e. The fourth-order valence-corrected chi connectivity index (χ4v) is 2.09. The summed E-state index contributed by atoms with van der Waals surface area (Å²) in [5, 5.41) is 20.1. The van der Waals surface area contributed by atoms with Crippen LogP contribution < -0.4 is 0 Å². The molecule has 0 fully saturated rings. The van der Waals surface area contributed by atoms with Crippen molar-refractivity contribution in [1.82, 2.24) is 0 Å². The molecule has 2 nitrogen and oxygen atoms in total. The summed E-state index contributed by atoms with van der Waals surface area (Å²) in [6.45, 7) is 6.19. The Morgan fingerprint density at radius 2 is 1.59 bits per heavy atom. The molecule has 0 amide bonds. The van der Waals surface area contributed by atoms with Gasteiger partial charge in [-0.1, -0.05) is 26.7 Å². The minimum atomic E-state index is 0.257. The minimum absolute atomic E-state index is 0.257. The summed E-state index contributed by atoms with van der Waals surface area (Å²) < 4.78 is 0. The molecule has 2 heteroatoms. The van der Waals surface area contributed by atoms with Gasteiger partial charge in [-0.25, -0.2) is 0 Å². The Hall–Kier alpha value is -1.18. The van der Waals surface area contributed by atoms with Crippen LogP contribution in [0.1, 0.15) is 56.2 Å². The number of unbranched alkanes of at least 4 members (excludes halogenated alkanes) is 2. The number of phenols is 2. The highest BCUT2D eigenvalue weighted by Crippen LogP contribution is 2.34. The van der Waals surface area contributed by atoms with Crippen molar-refractivity contribution >= 4 is 0 Å². The molecule has 1 aromatic rings. The molecule has 0 saturated carbocycles. The monoisotopic (exact) mass is 236 g/mol. The topological polar surface area (TPSA) is 40.5 Å². The third kappa shape index (κ3) is 3.39. The summed E-state index contributed by atoms with van der Waals surface area (Å²) in [7, 11) is 0. The van der Waals surface area contributed by atoms with E-state index >= 15 is 0 Å². The van der Waals surface area contributed by atoms with E-state index in [1.807, 2.05) is 13.0 Å². The molecule has 0 radical (unpaired) electrons. The summed E-state index contributed by atoms with van der Waals surface area (Å²) >= 11 is 0. The lowest BCUT2D eigenvalue weighted by Crippen LogP contribution is -1.96. The molecule has 1 rings (SSSR count). The van der Waals surface area contributed by atoms with Crippen molar-refractivity contribution < 1.29 is 10.2 Å². The average Bonchev–Trinajstić information content (AvgIpc) is 2.32. The van der Waals surface area contributed by atoms with Crippen molar-refractivity contribution in [1.29, 1.82) is 0 Å². The fourth-order valence-electron chi connectivity index (χ4n) is 2.09. The highest BCUT2D eigenvalue weighted by molar-refractivity contribution is 5.52. The molecule has 17 heavy (non-hydrogen) atoms. The number of benzene rings is 1. The second-order valence-corrected chi connectivity index (χ2v) is 4.71. The van der Waals surface area contributed by atoms with Gasteiger partial charge in [-0.2, -0.15) is 0 Å². The van der Waals surface area contributed by atoms with Crippen LogP contribution in [0.25, 0.3) is 0 Å². The van der Waals surface area contributed by atoms with Crippen LogP contribution in [-0.2, 0) is 12.8 Å². The number of rotatable bonds is 6. The van der Waals surface area contributed by atoms with E-state index in [9.17, 15) is 10.2 Å². The first kappa shape index (κ1) is 13.9. The average molecular weight is 236 g/mol. The highest BCUT2D eigenvalue weighted by Gasteiger charge is 2.13. The van der Waals surface area contributed by atoms with Crippen LogP contribution in [0.5, 0.6) is 11.5 Å². The minimum Gasteiger partial charge on any atom is -0.508 e. The van der Waals surface area contributed by atoms with Crippen LogP contribution >= 0.6 is 0 Å². The van der Waals surface area contributed by atoms with Gasteiger partial charge in [0.05, 0.1) is 0 Å². The maximum absolute atomic E-state index is 10.1. The standard InChI is InChI=1S/C15H24O2/c1-4-6-8-12-10-14(16)13(9-7-5-2)15(17)11(12)3/h10,16-17H,4-9H2,1-3H3. The molecule has 0 spiro atoms. The Bertz CT molecular complexity index is 370. The summed E-state index contributed by atoms with van der Waals surface area (Å²) in [6.07, 6.45) is 5.96. The first-order valence-electron chi connectivity index (χ1n) is 6.65. The van der Waals surface area contributed by atoms with Crippen molar-refractivity contribution in [2.24, 2.45) is 0 Å². The second kappa shape index (κ2) is 6.53. The second-order valence-electron chi connectivity index (χ2n) is 4.71. The van der Waals surface area contributed by atoms with E-state index in [0.29, 0.717) is 11.3 Å². The summed E-state index contributed by atoms with van der Waals surface area (Å²) in [6, 6.07) is 1.83. The number of phenolic OH excluding ortho intramolecular Hbond substituents is 2. The highest BCUT2D eigenvalue weighted by atomic mass is 16.3. The van der Waals surface area contributed by atoms with Crippen molar-refractivity contribution in [2.75, 3.05) is 0 Å². The lowest BCUT2D eigenvalue weighted by atomic mass is 9.96. The van der Waals surface area contributed by atoms with Gasteiger partial charge in [0.25, 0.3) is 0 Å². The van der Waals surface area contributed by atoms with Gasteiger partial charge in [-0.15, -0.1) is 0 Å². The molecule has 0 saturated heterocycles. The molecule has 1 aromatic carbocycles. The summed E-state index contributed by atoms with van der Waals surface area (Å²) in [5.41, 5.74) is 2.72. The Balaban J connectivity index is 2.99. The Morgan fingerprint density at radius 3 is 2.18 bits per heavy atom. The zero-order valence-electron chi connectivity index (χ0n) is 11.2. The van der Waals surface area contributed by atoms with Gasteiger partial charge >= 0.3 is 0 Å². The maximum atomic E-state index is 10.1. The molecule has 0 heterocycles. The summed E-state index contributed by atoms with van der Waals surface area (Å²) in [4.78, 5) is 0. The molecular weight excluding hydrogens is 212 g/mol. The van der Waals surface area contributed by atoms with E-state index in [0.717, 1.165) is 49.7 Å². The Morgan fingerprint density at radius 1 is 1.00 bits per heavy atom. The summed E-state index contributed by atoms with van der Waals surface area (Å²) in [5.74, 6) is 0.553. The van der Waals surface area contributed by atoms with Crippen molar-refractivity contribution in [3.8, 4) is 11.5 Å². The zero-order valence-corrected chi connectivity index (χ0v) is 11.2. The predicted molar refractivity (Wildman–Crippen MR) is 71.7 cm³/mol. The van der Waals surface area contributed by atoms with Gasteiger partial charge in [-0.05, 0) is 49.8 Å². The molecule has 2 N–H and O–H groups in total. The van der Waals surface area contributed by atoms with Crippen LogP contribution in [0.15, 0.2) is 6.07 Å². The predicted octanol–water partition coefficient (Wildman–Crippen LogP) is 4.09. The maximum Gasteiger partial charge on any atom is 0.125 e. The van der Waals surface area contributed by atoms with Gasteiger partial charge in [0.15, 0.2) is 0 Å². The van der Waals surface area contributed by atoms with Crippen LogP contribution in [0.2, 0.25) is 0 Å². The smallest absolute Gasteiger partial charge is 0.125 e. The van der Waals surface area contributed by atoms with E-state index in [4.69, 9.17) is 0 Å². The molecular formula is C15H24O2. The normalized spacial score (nSPS) is 10.8. The van der Waals surface area contributed by atoms with E-state index in [1.54, 1.807) is 0 Å². The van der Waals surface area contributed by atoms with Crippen LogP contribution in [0.3, 0.4) is 0 Å². The van der Waals surface area contributed by atoms with E-state index in [-0.39, 0.29) is 5.75 Å². The van der Waals surface area contributed by atoms with Crippen LogP contribution in [0.4, 0.5) is 0 Å². The van der Waals surface area contributed by atoms with Gasteiger partial charge in [-0.3, -0.25) is 0 Å². The van der Waals surface area contributed by atoms with Gasteiger partial charge < -0.3 is 10.2 Å². The first-order chi connectivity index (χ1) is 8.11. The number of aromatic hydroxyl groups is 2. The van der Waals surface area contributed by atoms with E-state index in [2.05, 4.69) is 13.8 Å². The first-order valence-corrected chi connectivity index (χ1v) is 6.65. The Kier molecular flexibility index (Phi) is 5.33. The molecule has 0 unspecified atom stereocenters. The van der Waals surface area contributed by atoms with Crippen LogP contribution in [-0.4, -0.2) is 10.2 Å². The van der Waals surface area contributed by atoms with E-state index in [1.165, 1.54) is 0 Å². The molecule has 0 aliphatic heterocycles. The van der Waals surface area contributed by atoms with Crippen molar-refractivity contribution in [2.45, 2.75) is 59.3 Å². The van der Waals surface area contributed by atoms with Crippen molar-refractivity contribution in [3.63, 3.8) is 0 Å². The molecule has 0 atom stereocenters. The lowest BCUT2D eigenvalue weighted by Gasteiger charge is -2.14. The van der Waals surface area contributed by atoms with Gasteiger partial charge in [0.1, 0.15) is 11.5 Å². The third-order valence-corrected chi connectivity index (χ3v) is 3.32. The fraction of sp³-hybridized carbons (Fsp3) is 0.600. The number of aryl methyl sites for hydroxylation is 1. The quantitative estimate of drug-likeness (QED) is 0.781. The number of hydrogen-bond acceptors (Lipinski definition) is 2. The lowest BCUT2D eigenvalue weighted by molar-refractivity contribution is 0.432. The van der Waals surface area contributed by atoms with E-state index < -0.39 is 0 Å². The molecule has 0 aromatic heterocycles. The van der Waals surface area contributed by atoms with Crippen molar-refractivity contribution in [3.05, 3.63) is 22.8 Å². The zero-order chi connectivity index (χ0) is 12.8. The number of hydrogen-bond donors (Lipinski definition) is 2. The van der Waals surface area contributed by atoms with Gasteiger partial charge in [0.2, 0.25) is 0 Å². The van der Waals surface area contributed by atoms with Gasteiger partial charge in [0, 0.05) is 5.56 Å². The third-order valence-electron chi connectivity index (χ3n) is 3.32. The molecule has 96 valence electrons. The SMILES string of the molecule is CCCCc1cc(O)c(CCCC)c(O)c1C. The van der Waals surface area contributed by atoms with Crippen LogP contribution in [0, 0.1) is 6.92 Å².